The fraction of sp³-hybridized carbons (Fsp3) is 0.222. The third kappa shape index (κ3) is 3.91. The lowest BCUT2D eigenvalue weighted by Gasteiger charge is -2.35. The molecule has 8 rings (SSSR count). The number of rotatable bonds is 6. The zero-order valence-corrected chi connectivity index (χ0v) is 23.8. The maximum Gasteiger partial charge on any atom is 0.249 e. The molecule has 4 saturated heterocycles. The number of hydrogen-bond donors (Lipinski definition) is 0. The van der Waals surface area contributed by atoms with Gasteiger partial charge in [-0.1, -0.05) is 121 Å². The molecule has 0 aliphatic carbocycles. The van der Waals surface area contributed by atoms with E-state index in [0.29, 0.717) is 0 Å². The van der Waals surface area contributed by atoms with Crippen molar-refractivity contribution in [1.82, 2.24) is 19.8 Å². The molecule has 8 nitrogen and oxygen atoms in total. The first-order valence-electron chi connectivity index (χ1n) is 15.0. The molecule has 44 heavy (non-hydrogen) atoms. The molecule has 0 saturated carbocycles. The summed E-state index contributed by atoms with van der Waals surface area (Å²) in [7, 11) is 0. The van der Waals surface area contributed by atoms with E-state index >= 15 is 0 Å². The van der Waals surface area contributed by atoms with Gasteiger partial charge >= 0.3 is 0 Å². The summed E-state index contributed by atoms with van der Waals surface area (Å²) in [6, 6.07) is 35.3. The van der Waals surface area contributed by atoms with Gasteiger partial charge in [0.2, 0.25) is 23.6 Å². The second-order valence-electron chi connectivity index (χ2n) is 11.9. The summed E-state index contributed by atoms with van der Waals surface area (Å²) in [5.74, 6) is -2.57. The fourth-order valence-electron chi connectivity index (χ4n) is 7.76. The average Bonchev–Trinajstić information content (AvgIpc) is 3.72. The van der Waals surface area contributed by atoms with Gasteiger partial charge in [-0.2, -0.15) is 0 Å². The van der Waals surface area contributed by atoms with Crippen molar-refractivity contribution in [3.8, 4) is 0 Å². The molecular formula is C36H30N4O4. The van der Waals surface area contributed by atoms with Gasteiger partial charge in [0.15, 0.2) is 0 Å². The van der Waals surface area contributed by atoms with E-state index in [1.807, 2.05) is 131 Å². The number of imide groups is 2. The van der Waals surface area contributed by atoms with E-state index in [-0.39, 0.29) is 36.7 Å². The number of likely N-dealkylation sites (tertiary alicyclic amines) is 2. The van der Waals surface area contributed by atoms with Crippen LogP contribution in [-0.4, -0.2) is 55.5 Å². The zero-order valence-electron chi connectivity index (χ0n) is 23.8. The van der Waals surface area contributed by atoms with Crippen LogP contribution in [0.2, 0.25) is 0 Å². The highest BCUT2D eigenvalue weighted by atomic mass is 16.2. The normalized spacial score (nSPS) is 28.1. The van der Waals surface area contributed by atoms with Crippen LogP contribution >= 0.6 is 0 Å². The molecule has 0 radical (unpaired) electrons. The van der Waals surface area contributed by atoms with Gasteiger partial charge in [0.1, 0.15) is 12.1 Å². The number of nitrogens with zero attached hydrogens (tertiary/aromatic N) is 4. The van der Waals surface area contributed by atoms with E-state index in [2.05, 4.69) is 0 Å². The molecule has 4 heterocycles. The van der Waals surface area contributed by atoms with E-state index in [1.54, 1.807) is 0 Å². The minimum absolute atomic E-state index is 0.173. The highest BCUT2D eigenvalue weighted by Gasteiger charge is 2.73. The van der Waals surface area contributed by atoms with Crippen LogP contribution in [0.15, 0.2) is 121 Å². The standard InChI is InChI=1S/C36H30N4O4/c41-33-27-29(25-17-9-3-10-18-25)40-32-28(34(42)38(36(32)44)22-24-15-7-2-8-16-24)30(26-19-11-4-12-20-26)39(40)31(27)35(43)37(33)21-23-13-5-1-6-14-23/h1-20,27-32H,21-22H2/t27-,28+,29-,30-,31-,32+/m0/s1. The van der Waals surface area contributed by atoms with Gasteiger partial charge < -0.3 is 0 Å². The summed E-state index contributed by atoms with van der Waals surface area (Å²) in [6.07, 6.45) is 0. The smallest absolute Gasteiger partial charge is 0.249 e. The molecule has 0 aromatic heterocycles. The van der Waals surface area contributed by atoms with Crippen LogP contribution < -0.4 is 0 Å². The quantitative estimate of drug-likeness (QED) is 0.318. The van der Waals surface area contributed by atoms with Crippen molar-refractivity contribution in [3.05, 3.63) is 144 Å². The molecular weight excluding hydrogens is 552 g/mol. The second kappa shape index (κ2) is 10.4. The van der Waals surface area contributed by atoms with E-state index in [4.69, 9.17) is 0 Å². The predicted molar refractivity (Wildman–Crippen MR) is 161 cm³/mol. The Kier molecular flexibility index (Phi) is 6.29. The topological polar surface area (TPSA) is 81.2 Å². The molecule has 6 atom stereocenters. The Balaban J connectivity index is 1.26. The Morgan fingerprint density at radius 1 is 0.386 bits per heavy atom. The van der Waals surface area contributed by atoms with Crippen molar-refractivity contribution in [3.63, 3.8) is 0 Å². The molecule has 4 amide bonds. The molecule has 218 valence electrons. The summed E-state index contributed by atoms with van der Waals surface area (Å²) in [4.78, 5) is 60.0. The van der Waals surface area contributed by atoms with Gasteiger partial charge in [-0.25, -0.2) is 10.0 Å². The van der Waals surface area contributed by atoms with Crippen LogP contribution in [0.5, 0.6) is 0 Å². The monoisotopic (exact) mass is 582 g/mol. The summed E-state index contributed by atoms with van der Waals surface area (Å²) in [5, 5.41) is 3.85. The molecule has 0 spiro atoms. The van der Waals surface area contributed by atoms with Gasteiger partial charge in [0, 0.05) is 0 Å². The van der Waals surface area contributed by atoms with E-state index in [1.165, 1.54) is 9.80 Å². The third-order valence-electron chi connectivity index (χ3n) is 9.56. The number of hydrazine groups is 1. The zero-order chi connectivity index (χ0) is 29.9. The lowest BCUT2D eigenvalue weighted by atomic mass is 9.84. The van der Waals surface area contributed by atoms with Crippen LogP contribution in [-0.2, 0) is 32.3 Å². The number of hydrogen-bond acceptors (Lipinski definition) is 6. The fourth-order valence-corrected chi connectivity index (χ4v) is 7.76. The van der Waals surface area contributed by atoms with Crippen LogP contribution in [0.25, 0.3) is 0 Å². The van der Waals surface area contributed by atoms with Crippen molar-refractivity contribution in [2.75, 3.05) is 0 Å². The first-order chi connectivity index (χ1) is 21.5. The van der Waals surface area contributed by atoms with Gasteiger partial charge in [-0.05, 0) is 22.3 Å². The molecule has 4 aliphatic rings. The Bertz CT molecular complexity index is 1620. The molecule has 4 aromatic rings. The SMILES string of the molecule is O=C1[C@@H]2[C@@H](C(=O)N1Cc1ccccc1)N1[C@@H](c3ccccc3)[C@H]3C(=O)N(Cc4ccccc4)C(=O)[C@@H]3N1[C@H]2c1ccccc1. The lowest BCUT2D eigenvalue weighted by Crippen LogP contribution is -2.49. The highest BCUT2D eigenvalue weighted by molar-refractivity contribution is 6.10. The molecule has 4 aromatic carbocycles. The van der Waals surface area contributed by atoms with Crippen LogP contribution in [0.4, 0.5) is 0 Å². The van der Waals surface area contributed by atoms with Crippen molar-refractivity contribution in [2.45, 2.75) is 37.3 Å². The van der Waals surface area contributed by atoms with Gasteiger partial charge in [-0.3, -0.25) is 29.0 Å². The van der Waals surface area contributed by atoms with Crippen LogP contribution in [0, 0.1) is 11.8 Å². The molecule has 0 unspecified atom stereocenters. The van der Waals surface area contributed by atoms with Gasteiger partial charge in [-0.15, -0.1) is 0 Å². The van der Waals surface area contributed by atoms with Gasteiger partial charge in [0.05, 0.1) is 37.0 Å². The number of carbonyl (C=O) groups excluding carboxylic acids is 4. The van der Waals surface area contributed by atoms with Crippen molar-refractivity contribution < 1.29 is 19.2 Å². The van der Waals surface area contributed by atoms with Crippen molar-refractivity contribution in [2.24, 2.45) is 11.8 Å². The summed E-state index contributed by atoms with van der Waals surface area (Å²) in [6.45, 7) is 0.346. The molecule has 4 aliphatic heterocycles. The average molecular weight is 583 g/mol. The Morgan fingerprint density at radius 3 is 1.05 bits per heavy atom. The second-order valence-corrected chi connectivity index (χ2v) is 11.9. The first-order valence-corrected chi connectivity index (χ1v) is 15.0. The predicted octanol–water partition coefficient (Wildman–Crippen LogP) is 4.12. The maximum absolute atomic E-state index is 14.3. The van der Waals surface area contributed by atoms with Crippen molar-refractivity contribution in [1.29, 1.82) is 0 Å². The molecule has 8 heteroatoms. The number of benzene rings is 4. The lowest BCUT2D eigenvalue weighted by molar-refractivity contribution is -0.153. The summed E-state index contributed by atoms with van der Waals surface area (Å²) < 4.78 is 0. The van der Waals surface area contributed by atoms with Crippen LogP contribution in [0.3, 0.4) is 0 Å². The number of fused-ring (bicyclic) bond motifs is 5. The highest BCUT2D eigenvalue weighted by Crippen LogP contribution is 2.59. The minimum Gasteiger partial charge on any atom is -0.276 e. The Hall–Kier alpha value is -4.92. The Morgan fingerprint density at radius 2 is 0.705 bits per heavy atom. The van der Waals surface area contributed by atoms with E-state index < -0.39 is 36.0 Å². The number of amides is 4. The Labute approximate surface area is 255 Å². The third-order valence-corrected chi connectivity index (χ3v) is 9.56. The minimum atomic E-state index is -0.838. The summed E-state index contributed by atoms with van der Waals surface area (Å²) >= 11 is 0. The molecule has 0 N–H and O–H groups in total. The maximum atomic E-state index is 14.3. The largest absolute Gasteiger partial charge is 0.276 e. The first kappa shape index (κ1) is 26.7. The van der Waals surface area contributed by atoms with E-state index in [9.17, 15) is 19.2 Å². The van der Waals surface area contributed by atoms with E-state index in [0.717, 1.165) is 22.3 Å². The molecule has 4 fully saturated rings. The van der Waals surface area contributed by atoms with Crippen LogP contribution in [0.1, 0.15) is 34.3 Å². The summed E-state index contributed by atoms with van der Waals surface area (Å²) in [5.41, 5.74) is 3.40. The molecule has 0 bridgehead atoms. The van der Waals surface area contributed by atoms with Gasteiger partial charge in [0.25, 0.3) is 0 Å². The number of carbonyl (C=O) groups is 4. The van der Waals surface area contributed by atoms with Crippen molar-refractivity contribution >= 4 is 23.6 Å².